The summed E-state index contributed by atoms with van der Waals surface area (Å²) in [5.41, 5.74) is 7.53. The molecule has 166 valence electrons. The fourth-order valence-corrected chi connectivity index (χ4v) is 3.96. The van der Waals surface area contributed by atoms with Gasteiger partial charge in [0, 0.05) is 19.3 Å². The van der Waals surface area contributed by atoms with Crippen LogP contribution in [0.2, 0.25) is 0 Å². The number of carbonyl (C=O) groups is 1. The summed E-state index contributed by atoms with van der Waals surface area (Å²) in [6, 6.07) is 7.04. The Balaban J connectivity index is 2.32. The van der Waals surface area contributed by atoms with E-state index < -0.39 is 21.4 Å². The van der Waals surface area contributed by atoms with Crippen LogP contribution in [0.25, 0.3) is 11.2 Å². The van der Waals surface area contributed by atoms with E-state index in [1.165, 1.54) is 9.47 Å². The molecule has 3 aromatic rings. The zero-order chi connectivity index (χ0) is 22.9. The monoisotopic (exact) mass is 445 g/mol. The molecule has 31 heavy (non-hydrogen) atoms. The topological polar surface area (TPSA) is 140 Å². The molecule has 11 heteroatoms. The summed E-state index contributed by atoms with van der Waals surface area (Å²) >= 11 is 0. The molecule has 1 aromatic carbocycles. The minimum atomic E-state index is -3.28. The molecule has 0 bridgehead atoms. The molecule has 2 aromatic heterocycles. The molecule has 1 amide bonds. The van der Waals surface area contributed by atoms with Gasteiger partial charge in [-0.25, -0.2) is 28.1 Å². The van der Waals surface area contributed by atoms with E-state index in [1.54, 1.807) is 14.0 Å². The van der Waals surface area contributed by atoms with Crippen molar-refractivity contribution in [3.63, 3.8) is 0 Å². The van der Waals surface area contributed by atoms with Gasteiger partial charge in [0.1, 0.15) is 15.2 Å². The number of amides is 1. The summed E-state index contributed by atoms with van der Waals surface area (Å²) in [4.78, 5) is 36.1. The number of rotatable bonds is 6. The highest BCUT2D eigenvalue weighted by Gasteiger charge is 2.27. The lowest BCUT2D eigenvalue weighted by Gasteiger charge is -2.16. The third kappa shape index (κ3) is 4.18. The summed E-state index contributed by atoms with van der Waals surface area (Å²) in [7, 11) is -1.68. The van der Waals surface area contributed by atoms with Gasteiger partial charge in [0.25, 0.3) is 0 Å². The molecule has 0 spiro atoms. The molecule has 0 aliphatic carbocycles. The van der Waals surface area contributed by atoms with E-state index in [0.717, 1.165) is 15.7 Å². The minimum Gasteiger partial charge on any atom is -0.382 e. The number of benzene rings is 1. The van der Waals surface area contributed by atoms with Crippen molar-refractivity contribution < 1.29 is 9.00 Å². The highest BCUT2D eigenvalue weighted by molar-refractivity contribution is 7.92. The summed E-state index contributed by atoms with van der Waals surface area (Å²) < 4.78 is 22.9. The molecule has 3 N–H and O–H groups in total. The van der Waals surface area contributed by atoms with Crippen LogP contribution < -0.4 is 11.4 Å². The molecule has 0 aliphatic rings. The minimum absolute atomic E-state index is 0.000974. The second kappa shape index (κ2) is 8.50. The second-order valence-corrected chi connectivity index (χ2v) is 9.71. The number of carbonyl (C=O) groups excluding carboxylic acids is 1. The number of aryl methyl sites for hydroxylation is 1. The molecule has 0 saturated heterocycles. The van der Waals surface area contributed by atoms with Gasteiger partial charge in [-0.05, 0) is 18.9 Å². The Labute approximate surface area is 180 Å². The first-order valence-electron chi connectivity index (χ1n) is 9.97. The molecular weight excluding hydrogens is 418 g/mol. The van der Waals surface area contributed by atoms with E-state index in [0.29, 0.717) is 13.0 Å². The van der Waals surface area contributed by atoms with Crippen LogP contribution in [0.1, 0.15) is 31.4 Å². The van der Waals surface area contributed by atoms with Crippen LogP contribution in [0.3, 0.4) is 0 Å². The first-order valence-corrected chi connectivity index (χ1v) is 11.7. The molecule has 0 saturated carbocycles. The standard InChI is InChI=1S/C20H27N7O3S/c1-5-11-25(4)19(28)27-15-16(21)23-18(31(22,30)6-2)24-17(15)26(20(27)29)12-14-9-7-13(3)8-10-14/h7-10,22H,5-6,11-12H2,1-4H3,(H2,21,23,24). The number of nitrogens with zero attached hydrogens (tertiary/aromatic N) is 5. The molecule has 0 aliphatic heterocycles. The number of aromatic nitrogens is 4. The molecule has 1 unspecified atom stereocenters. The van der Waals surface area contributed by atoms with E-state index in [2.05, 4.69) is 9.97 Å². The molecule has 10 nitrogen and oxygen atoms in total. The Morgan fingerprint density at radius 1 is 1.23 bits per heavy atom. The van der Waals surface area contributed by atoms with Gasteiger partial charge in [-0.3, -0.25) is 4.57 Å². The fourth-order valence-electron chi connectivity index (χ4n) is 3.22. The lowest BCUT2D eigenvalue weighted by atomic mass is 10.1. The van der Waals surface area contributed by atoms with Crippen LogP contribution in [0, 0.1) is 11.7 Å². The Kier molecular flexibility index (Phi) is 6.16. The summed E-state index contributed by atoms with van der Waals surface area (Å²) in [5.74, 6) is -0.162. The Bertz CT molecular complexity index is 1290. The fraction of sp³-hybridized carbons (Fsp3) is 0.400. The van der Waals surface area contributed by atoms with Gasteiger partial charge in [-0.1, -0.05) is 43.7 Å². The molecule has 1 atom stereocenters. The molecule has 0 radical (unpaired) electrons. The third-order valence-electron chi connectivity index (χ3n) is 5.01. The van der Waals surface area contributed by atoms with Crippen LogP contribution in [0.15, 0.2) is 34.2 Å². The number of fused-ring (bicyclic) bond motifs is 1. The first-order chi connectivity index (χ1) is 14.6. The SMILES string of the molecule is CCCN(C)C(=O)n1c(=O)n(Cc2ccc(C)cc2)c2nc(S(=N)(=O)CC)nc(N)c21. The summed E-state index contributed by atoms with van der Waals surface area (Å²) in [5, 5.41) is -0.246. The number of hydrogen-bond donors (Lipinski definition) is 2. The van der Waals surface area contributed by atoms with Gasteiger partial charge in [0.05, 0.1) is 6.54 Å². The van der Waals surface area contributed by atoms with Gasteiger partial charge in [-0.15, -0.1) is 0 Å². The van der Waals surface area contributed by atoms with Crippen LogP contribution in [0.5, 0.6) is 0 Å². The average molecular weight is 446 g/mol. The van der Waals surface area contributed by atoms with Gasteiger partial charge in [0.2, 0.25) is 5.16 Å². The molecular formula is C20H27N7O3S. The van der Waals surface area contributed by atoms with Crippen molar-refractivity contribution in [3.8, 4) is 0 Å². The maximum Gasteiger partial charge on any atom is 0.339 e. The lowest BCUT2D eigenvalue weighted by Crippen LogP contribution is -2.38. The van der Waals surface area contributed by atoms with Crippen molar-refractivity contribution in [2.24, 2.45) is 0 Å². The van der Waals surface area contributed by atoms with Crippen molar-refractivity contribution in [1.82, 2.24) is 24.0 Å². The first kappa shape index (κ1) is 22.5. The summed E-state index contributed by atoms with van der Waals surface area (Å²) in [6.45, 7) is 6.05. The number of imidazole rings is 1. The zero-order valence-electron chi connectivity index (χ0n) is 18.1. The Morgan fingerprint density at radius 3 is 2.45 bits per heavy atom. The maximum absolute atomic E-state index is 13.3. The number of anilines is 1. The van der Waals surface area contributed by atoms with Gasteiger partial charge in [-0.2, -0.15) is 4.98 Å². The van der Waals surface area contributed by atoms with Gasteiger partial charge in [0.15, 0.2) is 11.5 Å². The normalized spacial score (nSPS) is 13.3. The smallest absolute Gasteiger partial charge is 0.339 e. The van der Waals surface area contributed by atoms with E-state index >= 15 is 0 Å². The van der Waals surface area contributed by atoms with E-state index in [-0.39, 0.29) is 34.4 Å². The highest BCUT2D eigenvalue weighted by Crippen LogP contribution is 2.21. The van der Waals surface area contributed by atoms with Gasteiger partial charge >= 0.3 is 11.7 Å². The van der Waals surface area contributed by atoms with Crippen LogP contribution in [-0.2, 0) is 16.3 Å². The molecule has 3 rings (SSSR count). The average Bonchev–Trinajstić information content (AvgIpc) is 3.01. The van der Waals surface area contributed by atoms with Crippen molar-refractivity contribution in [2.75, 3.05) is 25.1 Å². The van der Waals surface area contributed by atoms with Crippen molar-refractivity contribution >= 4 is 32.7 Å². The number of nitrogen functional groups attached to an aromatic ring is 1. The molecule has 2 heterocycles. The largest absolute Gasteiger partial charge is 0.382 e. The van der Waals surface area contributed by atoms with Crippen molar-refractivity contribution in [1.29, 1.82) is 4.78 Å². The van der Waals surface area contributed by atoms with Crippen molar-refractivity contribution in [2.45, 2.75) is 38.9 Å². The van der Waals surface area contributed by atoms with Crippen LogP contribution >= 0.6 is 0 Å². The van der Waals surface area contributed by atoms with Crippen LogP contribution in [-0.4, -0.2) is 53.6 Å². The number of hydrogen-bond acceptors (Lipinski definition) is 7. The Hall–Kier alpha value is -3.21. The van der Waals surface area contributed by atoms with E-state index in [1.807, 2.05) is 38.1 Å². The van der Waals surface area contributed by atoms with Crippen molar-refractivity contribution in [3.05, 3.63) is 45.9 Å². The lowest BCUT2D eigenvalue weighted by molar-refractivity contribution is 0.210. The number of nitrogens with one attached hydrogen (secondary N) is 1. The number of nitrogens with two attached hydrogens (primary N) is 1. The highest BCUT2D eigenvalue weighted by atomic mass is 32.2. The predicted octanol–water partition coefficient (Wildman–Crippen LogP) is 2.27. The second-order valence-electron chi connectivity index (χ2n) is 7.42. The van der Waals surface area contributed by atoms with Gasteiger partial charge < -0.3 is 10.6 Å². The zero-order valence-corrected chi connectivity index (χ0v) is 18.9. The Morgan fingerprint density at radius 2 is 1.87 bits per heavy atom. The van der Waals surface area contributed by atoms with Crippen LogP contribution in [0.4, 0.5) is 10.6 Å². The maximum atomic E-state index is 13.3. The predicted molar refractivity (Wildman–Crippen MR) is 120 cm³/mol. The van der Waals surface area contributed by atoms with E-state index in [4.69, 9.17) is 10.5 Å². The third-order valence-corrected chi connectivity index (χ3v) is 6.60. The summed E-state index contributed by atoms with van der Waals surface area (Å²) in [6.07, 6.45) is 0.715. The van der Waals surface area contributed by atoms with E-state index in [9.17, 15) is 13.8 Å². The molecule has 0 fully saturated rings. The quantitative estimate of drug-likeness (QED) is 0.558.